The fourth-order valence-electron chi connectivity index (χ4n) is 1.26. The second-order valence-corrected chi connectivity index (χ2v) is 3.19. The van der Waals surface area contributed by atoms with Crippen molar-refractivity contribution in [2.45, 2.75) is 13.5 Å². The van der Waals surface area contributed by atoms with E-state index in [-0.39, 0.29) is 5.96 Å². The lowest BCUT2D eigenvalue weighted by Gasteiger charge is -2.08. The van der Waals surface area contributed by atoms with Crippen LogP contribution in [0.4, 0.5) is 0 Å². The van der Waals surface area contributed by atoms with E-state index in [0.717, 1.165) is 16.9 Å². The number of nitrogens with zero attached hydrogens (tertiary/aromatic N) is 1. The maximum Gasteiger partial charge on any atom is 0.208 e. The molecule has 0 amide bonds. The summed E-state index contributed by atoms with van der Waals surface area (Å²) in [4.78, 5) is 0. The van der Waals surface area contributed by atoms with Crippen LogP contribution in [-0.4, -0.2) is 13.1 Å². The highest BCUT2D eigenvalue weighted by Crippen LogP contribution is 2.19. The Hall–Kier alpha value is -1.91. The van der Waals surface area contributed by atoms with Crippen molar-refractivity contribution >= 4 is 5.96 Å². The molecule has 5 heteroatoms. The molecule has 1 rings (SSSR count). The van der Waals surface area contributed by atoms with Gasteiger partial charge in [0.25, 0.3) is 0 Å². The van der Waals surface area contributed by atoms with Gasteiger partial charge in [-0.1, -0.05) is 17.7 Å². The monoisotopic (exact) mass is 208 g/mol. The second-order valence-electron chi connectivity index (χ2n) is 3.19. The summed E-state index contributed by atoms with van der Waals surface area (Å²) >= 11 is 0. The maximum atomic E-state index is 5.21. The number of nitrogens with two attached hydrogens (primary N) is 2. The Labute approximate surface area is 89.1 Å². The highest BCUT2D eigenvalue weighted by atomic mass is 16.5. The number of methoxy groups -OCH3 is 1. The molecule has 0 aliphatic carbocycles. The first-order valence-corrected chi connectivity index (χ1v) is 4.58. The second kappa shape index (κ2) is 5.09. The molecule has 0 aliphatic rings. The standard InChI is InChI=1S/C10H16N4O/c1-7-3-4-9(15-2)8(5-7)6-13-14-10(11)12/h3-5,13H,6H2,1-2H3,(H4,11,12,14). The lowest BCUT2D eigenvalue weighted by Crippen LogP contribution is -2.26. The molecule has 1 aromatic rings. The molecule has 0 radical (unpaired) electrons. The first kappa shape index (κ1) is 11.2. The van der Waals surface area contributed by atoms with Crippen molar-refractivity contribution in [2.24, 2.45) is 16.6 Å². The van der Waals surface area contributed by atoms with Crippen molar-refractivity contribution in [3.63, 3.8) is 0 Å². The summed E-state index contributed by atoms with van der Waals surface area (Å²) < 4.78 is 5.21. The molecule has 0 bridgehead atoms. The van der Waals surface area contributed by atoms with Crippen LogP contribution in [0.3, 0.4) is 0 Å². The lowest BCUT2D eigenvalue weighted by molar-refractivity contribution is 0.408. The Balaban J connectivity index is 2.74. The lowest BCUT2D eigenvalue weighted by atomic mass is 10.1. The van der Waals surface area contributed by atoms with Crippen LogP contribution in [0.1, 0.15) is 11.1 Å². The van der Waals surface area contributed by atoms with Crippen LogP contribution in [0, 0.1) is 6.92 Å². The van der Waals surface area contributed by atoms with Crippen molar-refractivity contribution in [1.82, 2.24) is 5.43 Å². The minimum absolute atomic E-state index is 0.0154. The smallest absolute Gasteiger partial charge is 0.208 e. The molecule has 5 N–H and O–H groups in total. The SMILES string of the molecule is COc1ccc(C)cc1CNN=C(N)N. The van der Waals surface area contributed by atoms with Gasteiger partial charge in [-0.25, -0.2) is 0 Å². The molecule has 0 unspecified atom stereocenters. The summed E-state index contributed by atoms with van der Waals surface area (Å²) in [5.74, 6) is 0.834. The Bertz CT molecular complexity index is 358. The zero-order chi connectivity index (χ0) is 11.3. The predicted molar refractivity (Wildman–Crippen MR) is 60.4 cm³/mol. The molecule has 0 aliphatic heterocycles. The maximum absolute atomic E-state index is 5.21. The Kier molecular flexibility index (Phi) is 3.79. The van der Waals surface area contributed by atoms with E-state index in [9.17, 15) is 0 Å². The third-order valence-corrected chi connectivity index (χ3v) is 1.91. The molecule has 82 valence electrons. The van der Waals surface area contributed by atoms with Crippen LogP contribution in [0.5, 0.6) is 5.75 Å². The number of hydrazone groups is 1. The number of benzene rings is 1. The van der Waals surface area contributed by atoms with Crippen molar-refractivity contribution in [2.75, 3.05) is 7.11 Å². The first-order chi connectivity index (χ1) is 7.13. The van der Waals surface area contributed by atoms with E-state index < -0.39 is 0 Å². The van der Waals surface area contributed by atoms with Crippen LogP contribution in [-0.2, 0) is 6.54 Å². The van der Waals surface area contributed by atoms with E-state index >= 15 is 0 Å². The Morgan fingerprint density at radius 2 is 2.20 bits per heavy atom. The van der Waals surface area contributed by atoms with Gasteiger partial charge in [-0.2, -0.15) is 0 Å². The minimum atomic E-state index is 0.0154. The van der Waals surface area contributed by atoms with Crippen LogP contribution in [0.25, 0.3) is 0 Å². The first-order valence-electron chi connectivity index (χ1n) is 4.58. The molecule has 15 heavy (non-hydrogen) atoms. The largest absolute Gasteiger partial charge is 0.496 e. The number of hydrogen-bond acceptors (Lipinski definition) is 3. The van der Waals surface area contributed by atoms with Gasteiger partial charge in [-0.15, -0.1) is 5.10 Å². The molecule has 0 saturated heterocycles. The molecular formula is C10H16N4O. The van der Waals surface area contributed by atoms with E-state index in [1.54, 1.807) is 7.11 Å². The average Bonchev–Trinajstić information content (AvgIpc) is 2.17. The van der Waals surface area contributed by atoms with Gasteiger partial charge < -0.3 is 21.6 Å². The van der Waals surface area contributed by atoms with E-state index in [1.807, 2.05) is 25.1 Å². The molecule has 0 fully saturated rings. The highest BCUT2D eigenvalue weighted by molar-refractivity contribution is 5.75. The van der Waals surface area contributed by atoms with Crippen LogP contribution < -0.4 is 21.6 Å². The molecular weight excluding hydrogens is 192 g/mol. The van der Waals surface area contributed by atoms with Crippen LogP contribution >= 0.6 is 0 Å². The summed E-state index contributed by atoms with van der Waals surface area (Å²) in [6.07, 6.45) is 0. The molecule has 0 heterocycles. The fraction of sp³-hybridized carbons (Fsp3) is 0.300. The molecule has 0 atom stereocenters. The van der Waals surface area contributed by atoms with Crippen molar-refractivity contribution < 1.29 is 4.74 Å². The van der Waals surface area contributed by atoms with Crippen molar-refractivity contribution in [3.05, 3.63) is 29.3 Å². The van der Waals surface area contributed by atoms with Gasteiger partial charge in [0.2, 0.25) is 5.96 Å². The fourth-order valence-corrected chi connectivity index (χ4v) is 1.26. The molecule has 0 aromatic heterocycles. The van der Waals surface area contributed by atoms with Crippen molar-refractivity contribution in [1.29, 1.82) is 0 Å². The van der Waals surface area contributed by atoms with Gasteiger partial charge in [-0.05, 0) is 13.0 Å². The zero-order valence-corrected chi connectivity index (χ0v) is 8.95. The van der Waals surface area contributed by atoms with Crippen LogP contribution in [0.15, 0.2) is 23.3 Å². The summed E-state index contributed by atoms with van der Waals surface area (Å²) in [6.45, 7) is 2.55. The van der Waals surface area contributed by atoms with Gasteiger partial charge in [0.1, 0.15) is 5.75 Å². The number of ether oxygens (including phenoxy) is 1. The van der Waals surface area contributed by atoms with E-state index in [0.29, 0.717) is 6.54 Å². The molecule has 5 nitrogen and oxygen atoms in total. The number of guanidine groups is 1. The molecule has 1 aromatic carbocycles. The Morgan fingerprint density at radius 1 is 1.47 bits per heavy atom. The van der Waals surface area contributed by atoms with Gasteiger partial charge in [-0.3, -0.25) is 0 Å². The Morgan fingerprint density at radius 3 is 2.80 bits per heavy atom. The topological polar surface area (TPSA) is 85.7 Å². The number of nitrogens with one attached hydrogen (secondary N) is 1. The quantitative estimate of drug-likeness (QED) is 0.377. The van der Waals surface area contributed by atoms with Gasteiger partial charge in [0, 0.05) is 5.56 Å². The third-order valence-electron chi connectivity index (χ3n) is 1.91. The summed E-state index contributed by atoms with van der Waals surface area (Å²) in [5, 5.41) is 3.69. The number of hydrogen-bond donors (Lipinski definition) is 3. The van der Waals surface area contributed by atoms with E-state index in [2.05, 4.69) is 10.5 Å². The summed E-state index contributed by atoms with van der Waals surface area (Å²) in [5.41, 5.74) is 15.3. The third kappa shape index (κ3) is 3.38. The van der Waals surface area contributed by atoms with E-state index in [1.165, 1.54) is 0 Å². The number of rotatable bonds is 4. The normalized spacial score (nSPS) is 9.47. The summed E-state index contributed by atoms with van der Waals surface area (Å²) in [7, 11) is 1.63. The molecule has 0 saturated carbocycles. The zero-order valence-electron chi connectivity index (χ0n) is 8.95. The summed E-state index contributed by atoms with van der Waals surface area (Å²) in [6, 6.07) is 5.93. The highest BCUT2D eigenvalue weighted by Gasteiger charge is 2.01. The number of aryl methyl sites for hydroxylation is 1. The predicted octanol–water partition coefficient (Wildman–Crippen LogP) is 0.282. The molecule has 0 spiro atoms. The average molecular weight is 208 g/mol. The van der Waals surface area contributed by atoms with Crippen LogP contribution in [0.2, 0.25) is 0 Å². The van der Waals surface area contributed by atoms with Gasteiger partial charge in [0.05, 0.1) is 13.7 Å². The van der Waals surface area contributed by atoms with Gasteiger partial charge >= 0.3 is 0 Å². The van der Waals surface area contributed by atoms with E-state index in [4.69, 9.17) is 16.2 Å². The minimum Gasteiger partial charge on any atom is -0.496 e. The van der Waals surface area contributed by atoms with Crippen molar-refractivity contribution in [3.8, 4) is 5.75 Å². The van der Waals surface area contributed by atoms with Gasteiger partial charge in [0.15, 0.2) is 0 Å².